The number of rotatable bonds is 9. The number of aryl methyl sites for hydroxylation is 4. The van der Waals surface area contributed by atoms with Crippen LogP contribution in [0.5, 0.6) is 5.75 Å². The van der Waals surface area contributed by atoms with Crippen molar-refractivity contribution in [3.05, 3.63) is 89.0 Å². The second-order valence-corrected chi connectivity index (χ2v) is 9.94. The normalized spacial score (nSPS) is 11.2. The third-order valence-electron chi connectivity index (χ3n) is 5.28. The number of benzene rings is 3. The Morgan fingerprint density at radius 1 is 0.879 bits per heavy atom. The first-order valence-electron chi connectivity index (χ1n) is 10.8. The predicted molar refractivity (Wildman–Crippen MR) is 131 cm³/mol. The lowest BCUT2D eigenvalue weighted by Gasteiger charge is -2.26. The molecule has 0 aliphatic carbocycles. The van der Waals surface area contributed by atoms with Crippen molar-refractivity contribution in [2.24, 2.45) is 0 Å². The van der Waals surface area contributed by atoms with E-state index in [9.17, 15) is 13.2 Å². The molecule has 1 amide bonds. The fourth-order valence-electron chi connectivity index (χ4n) is 3.41. The number of hydrogen-bond acceptors (Lipinski definition) is 4. The van der Waals surface area contributed by atoms with Gasteiger partial charge in [0.2, 0.25) is 5.91 Å². The lowest BCUT2D eigenvalue weighted by molar-refractivity contribution is -0.119. The fourth-order valence-corrected chi connectivity index (χ4v) is 4.91. The van der Waals surface area contributed by atoms with Gasteiger partial charge < -0.3 is 10.1 Å². The molecule has 0 atom stereocenters. The summed E-state index contributed by atoms with van der Waals surface area (Å²) < 4.78 is 33.8. The second kappa shape index (κ2) is 10.5. The lowest BCUT2D eigenvalue weighted by atomic mass is 10.1. The molecule has 0 unspecified atom stereocenters. The zero-order valence-electron chi connectivity index (χ0n) is 19.5. The van der Waals surface area contributed by atoms with Gasteiger partial charge in [-0.2, -0.15) is 0 Å². The quantitative estimate of drug-likeness (QED) is 0.477. The number of carbonyl (C=O) groups excluding carboxylic acids is 1. The number of hydrogen-bond donors (Lipinski definition) is 1. The van der Waals surface area contributed by atoms with E-state index in [4.69, 9.17) is 4.74 Å². The van der Waals surface area contributed by atoms with Gasteiger partial charge in [-0.25, -0.2) is 8.42 Å². The van der Waals surface area contributed by atoms with Crippen LogP contribution >= 0.6 is 0 Å². The maximum atomic E-state index is 13.4. The van der Waals surface area contributed by atoms with Gasteiger partial charge in [-0.1, -0.05) is 42.5 Å². The third kappa shape index (κ3) is 6.14. The van der Waals surface area contributed by atoms with Gasteiger partial charge in [-0.3, -0.25) is 9.10 Å². The first-order valence-corrected chi connectivity index (χ1v) is 12.2. The molecule has 0 heterocycles. The van der Waals surface area contributed by atoms with Crippen molar-refractivity contribution in [2.45, 2.75) is 32.6 Å². The molecule has 0 aliphatic rings. The van der Waals surface area contributed by atoms with E-state index in [2.05, 4.69) is 5.32 Å². The number of ether oxygens (including phenoxy) is 1. The molecule has 0 spiro atoms. The van der Waals surface area contributed by atoms with Crippen molar-refractivity contribution in [3.63, 3.8) is 0 Å². The smallest absolute Gasteiger partial charge is 0.264 e. The van der Waals surface area contributed by atoms with Crippen LogP contribution in [0.25, 0.3) is 0 Å². The van der Waals surface area contributed by atoms with Gasteiger partial charge in [-0.15, -0.1) is 0 Å². The number of amides is 1. The van der Waals surface area contributed by atoms with Crippen LogP contribution < -0.4 is 14.4 Å². The maximum Gasteiger partial charge on any atom is 0.264 e. The lowest BCUT2D eigenvalue weighted by Crippen LogP contribution is -2.42. The van der Waals surface area contributed by atoms with Crippen molar-refractivity contribution in [2.75, 3.05) is 24.0 Å². The Bertz CT molecular complexity index is 1220. The standard InChI is InChI=1S/C26H30N2O4S/c1-19-10-12-21(3)24(16-19)28(33(30,31)23-8-6-5-7-9-23)18-26(29)27-14-15-32-25-17-20(2)11-13-22(25)4/h5-13,16-17H,14-15,18H2,1-4H3,(H,27,29). The Morgan fingerprint density at radius 2 is 1.52 bits per heavy atom. The molecular formula is C26H30N2O4S. The van der Waals surface area contributed by atoms with E-state index < -0.39 is 15.9 Å². The molecule has 174 valence electrons. The van der Waals surface area contributed by atoms with Crippen LogP contribution in [0.1, 0.15) is 22.3 Å². The summed E-state index contributed by atoms with van der Waals surface area (Å²) in [7, 11) is -3.93. The Labute approximate surface area is 196 Å². The van der Waals surface area contributed by atoms with Crippen LogP contribution in [0.3, 0.4) is 0 Å². The van der Waals surface area contributed by atoms with Crippen molar-refractivity contribution >= 4 is 21.6 Å². The molecule has 0 fully saturated rings. The second-order valence-electron chi connectivity index (χ2n) is 8.08. The van der Waals surface area contributed by atoms with E-state index in [-0.39, 0.29) is 24.6 Å². The van der Waals surface area contributed by atoms with E-state index in [1.807, 2.05) is 58.0 Å². The van der Waals surface area contributed by atoms with Gasteiger partial charge in [0, 0.05) is 0 Å². The van der Waals surface area contributed by atoms with Crippen LogP contribution in [-0.4, -0.2) is 34.0 Å². The van der Waals surface area contributed by atoms with E-state index in [0.29, 0.717) is 5.69 Å². The molecule has 0 aromatic heterocycles. The summed E-state index contributed by atoms with van der Waals surface area (Å²) in [6, 6.07) is 19.6. The molecule has 3 rings (SSSR count). The van der Waals surface area contributed by atoms with E-state index in [1.165, 1.54) is 16.4 Å². The van der Waals surface area contributed by atoms with Gasteiger partial charge in [-0.05, 0) is 74.2 Å². The van der Waals surface area contributed by atoms with E-state index in [1.54, 1.807) is 24.3 Å². The molecule has 0 saturated heterocycles. The highest BCUT2D eigenvalue weighted by Gasteiger charge is 2.28. The van der Waals surface area contributed by atoms with Gasteiger partial charge in [0.25, 0.3) is 10.0 Å². The van der Waals surface area contributed by atoms with Gasteiger partial charge in [0.15, 0.2) is 0 Å². The molecule has 1 N–H and O–H groups in total. The van der Waals surface area contributed by atoms with E-state index >= 15 is 0 Å². The summed E-state index contributed by atoms with van der Waals surface area (Å²) in [5, 5.41) is 2.77. The van der Waals surface area contributed by atoms with E-state index in [0.717, 1.165) is 28.0 Å². The zero-order chi connectivity index (χ0) is 24.0. The molecule has 7 heteroatoms. The largest absolute Gasteiger partial charge is 0.491 e. The zero-order valence-corrected chi connectivity index (χ0v) is 20.3. The van der Waals surface area contributed by atoms with Crippen molar-refractivity contribution < 1.29 is 17.9 Å². The van der Waals surface area contributed by atoms with Gasteiger partial charge in [0.1, 0.15) is 18.9 Å². The number of anilines is 1. The third-order valence-corrected chi connectivity index (χ3v) is 7.05. The van der Waals surface area contributed by atoms with Crippen molar-refractivity contribution in [1.29, 1.82) is 0 Å². The highest BCUT2D eigenvalue weighted by Crippen LogP contribution is 2.27. The van der Waals surface area contributed by atoms with Crippen molar-refractivity contribution in [3.8, 4) is 5.75 Å². The SMILES string of the molecule is Cc1ccc(C)c(OCCNC(=O)CN(c2cc(C)ccc2C)S(=O)(=O)c2ccccc2)c1. The molecule has 33 heavy (non-hydrogen) atoms. The number of nitrogens with zero attached hydrogens (tertiary/aromatic N) is 1. The van der Waals surface area contributed by atoms with Gasteiger partial charge in [0.05, 0.1) is 17.1 Å². The molecule has 6 nitrogen and oxygen atoms in total. The minimum absolute atomic E-state index is 0.136. The molecular weight excluding hydrogens is 436 g/mol. The van der Waals surface area contributed by atoms with Crippen LogP contribution in [0, 0.1) is 27.7 Å². The van der Waals surface area contributed by atoms with Crippen LogP contribution in [0.4, 0.5) is 5.69 Å². The van der Waals surface area contributed by atoms with Crippen LogP contribution in [0.2, 0.25) is 0 Å². The van der Waals surface area contributed by atoms with Crippen LogP contribution in [0.15, 0.2) is 71.6 Å². The Balaban J connectivity index is 1.74. The Hall–Kier alpha value is -3.32. The molecule has 3 aromatic carbocycles. The highest BCUT2D eigenvalue weighted by atomic mass is 32.2. The summed E-state index contributed by atoms with van der Waals surface area (Å²) in [4.78, 5) is 12.9. The van der Waals surface area contributed by atoms with Crippen molar-refractivity contribution in [1.82, 2.24) is 5.32 Å². The number of carbonyl (C=O) groups is 1. The topological polar surface area (TPSA) is 75.7 Å². The minimum Gasteiger partial charge on any atom is -0.491 e. The average molecular weight is 467 g/mol. The summed E-state index contributed by atoms with van der Waals surface area (Å²) in [6.45, 7) is 7.89. The molecule has 0 saturated carbocycles. The van der Waals surface area contributed by atoms with Gasteiger partial charge >= 0.3 is 0 Å². The first kappa shape index (κ1) is 24.3. The van der Waals surface area contributed by atoms with Crippen LogP contribution in [-0.2, 0) is 14.8 Å². The monoisotopic (exact) mass is 466 g/mol. The predicted octanol–water partition coefficient (Wildman–Crippen LogP) is 4.31. The minimum atomic E-state index is -3.93. The Morgan fingerprint density at radius 3 is 2.21 bits per heavy atom. The number of nitrogens with one attached hydrogen (secondary N) is 1. The summed E-state index contributed by atoms with van der Waals surface area (Å²) in [6.07, 6.45) is 0. The average Bonchev–Trinajstić information content (AvgIpc) is 2.79. The molecule has 0 radical (unpaired) electrons. The first-order chi connectivity index (χ1) is 15.7. The molecule has 0 aliphatic heterocycles. The maximum absolute atomic E-state index is 13.4. The summed E-state index contributed by atoms with van der Waals surface area (Å²) >= 11 is 0. The Kier molecular flexibility index (Phi) is 7.76. The highest BCUT2D eigenvalue weighted by molar-refractivity contribution is 7.92. The summed E-state index contributed by atoms with van der Waals surface area (Å²) in [5.74, 6) is 0.368. The molecule has 3 aromatic rings. The fraction of sp³-hybridized carbons (Fsp3) is 0.269. The molecule has 0 bridgehead atoms. The number of sulfonamides is 1. The summed E-state index contributed by atoms with van der Waals surface area (Å²) in [5.41, 5.74) is 4.27.